The first-order valence-corrected chi connectivity index (χ1v) is 7.81. The van der Waals surface area contributed by atoms with Crippen LogP contribution in [-0.4, -0.2) is 40.0 Å². The van der Waals surface area contributed by atoms with Gasteiger partial charge in [0.15, 0.2) is 0 Å². The summed E-state index contributed by atoms with van der Waals surface area (Å²) in [6, 6.07) is 5.76. The molecule has 2 aliphatic heterocycles. The summed E-state index contributed by atoms with van der Waals surface area (Å²) in [6.45, 7) is 1.53. The molecule has 3 unspecified atom stereocenters. The molecule has 2 bridgehead atoms. The molecule has 0 aromatic heterocycles. The molecule has 1 aromatic carbocycles. The van der Waals surface area contributed by atoms with Crippen molar-refractivity contribution in [1.82, 2.24) is 9.62 Å². The number of hydrogen-bond acceptors (Lipinski definition) is 3. The fraction of sp³-hybridized carbons (Fsp3) is 0.538. The average Bonchev–Trinajstić information content (AvgIpc) is 2.65. The molecule has 0 aliphatic carbocycles. The summed E-state index contributed by atoms with van der Waals surface area (Å²) < 4.78 is 55.2. The van der Waals surface area contributed by atoms with Crippen LogP contribution in [0.4, 0.5) is 13.2 Å². The Bertz CT molecular complexity index is 536. The van der Waals surface area contributed by atoms with Crippen LogP contribution in [0.2, 0.25) is 0 Å². The lowest BCUT2D eigenvalue weighted by molar-refractivity contribution is -0.274. The maximum Gasteiger partial charge on any atom is 0.573 e. The molecule has 2 saturated heterocycles. The topological polar surface area (TPSA) is 41.6 Å². The van der Waals surface area contributed by atoms with Gasteiger partial charge >= 0.3 is 6.36 Å². The molecule has 116 valence electrons. The normalized spacial score (nSPS) is 27.6. The maximum absolute atomic E-state index is 12.7. The minimum Gasteiger partial charge on any atom is -0.406 e. The molecule has 8 heteroatoms. The quantitative estimate of drug-likeness (QED) is 0.927. The van der Waals surface area contributed by atoms with Gasteiger partial charge in [0.2, 0.25) is 0 Å². The molecular weight excluding hydrogens is 305 g/mol. The molecule has 1 aromatic rings. The lowest BCUT2D eigenvalue weighted by Crippen LogP contribution is -2.52. The molecular formula is C13H15F3N2O2S. The van der Waals surface area contributed by atoms with E-state index in [9.17, 15) is 17.4 Å². The van der Waals surface area contributed by atoms with E-state index in [0.29, 0.717) is 4.90 Å². The van der Waals surface area contributed by atoms with Crippen molar-refractivity contribution in [1.29, 1.82) is 0 Å². The van der Waals surface area contributed by atoms with E-state index in [0.717, 1.165) is 25.9 Å². The van der Waals surface area contributed by atoms with Gasteiger partial charge < -0.3 is 10.1 Å². The Labute approximate surface area is 122 Å². The second kappa shape index (κ2) is 5.58. The van der Waals surface area contributed by atoms with E-state index in [2.05, 4.69) is 10.1 Å². The van der Waals surface area contributed by atoms with Crippen LogP contribution in [0, 0.1) is 0 Å². The van der Waals surface area contributed by atoms with Crippen molar-refractivity contribution in [3.05, 3.63) is 24.3 Å². The van der Waals surface area contributed by atoms with E-state index in [1.807, 2.05) is 4.31 Å². The number of ether oxygens (including phenoxy) is 1. The molecule has 2 heterocycles. The number of nitrogens with zero attached hydrogens (tertiary/aromatic N) is 1. The SMILES string of the molecule is O=S(c1cccc(OC(F)(F)F)c1)N1C2CCC1CNC2. The highest BCUT2D eigenvalue weighted by molar-refractivity contribution is 7.82. The van der Waals surface area contributed by atoms with Crippen molar-refractivity contribution in [2.24, 2.45) is 0 Å². The van der Waals surface area contributed by atoms with Crippen molar-refractivity contribution >= 4 is 11.0 Å². The zero-order valence-corrected chi connectivity index (χ0v) is 11.9. The van der Waals surface area contributed by atoms with E-state index in [4.69, 9.17) is 0 Å². The largest absolute Gasteiger partial charge is 0.573 e. The number of alkyl halides is 3. The van der Waals surface area contributed by atoms with Gasteiger partial charge in [-0.2, -0.15) is 0 Å². The van der Waals surface area contributed by atoms with Crippen molar-refractivity contribution < 1.29 is 22.1 Å². The van der Waals surface area contributed by atoms with Crippen LogP contribution in [0.25, 0.3) is 0 Å². The Hall–Kier alpha value is -1.12. The minimum absolute atomic E-state index is 0.178. The van der Waals surface area contributed by atoms with Crippen LogP contribution in [0.1, 0.15) is 12.8 Å². The number of fused-ring (bicyclic) bond motifs is 2. The van der Waals surface area contributed by atoms with Gasteiger partial charge in [-0.1, -0.05) is 6.07 Å². The average molecular weight is 320 g/mol. The lowest BCUT2D eigenvalue weighted by Gasteiger charge is -2.33. The van der Waals surface area contributed by atoms with Crippen LogP contribution in [0.15, 0.2) is 29.2 Å². The summed E-state index contributed by atoms with van der Waals surface area (Å²) in [5, 5.41) is 3.28. The number of hydrogen-bond donors (Lipinski definition) is 1. The van der Waals surface area contributed by atoms with Crippen LogP contribution in [0.5, 0.6) is 5.75 Å². The van der Waals surface area contributed by atoms with E-state index in [1.54, 1.807) is 6.07 Å². The fourth-order valence-electron chi connectivity index (χ4n) is 2.91. The molecule has 0 saturated carbocycles. The molecule has 1 N–H and O–H groups in total. The predicted molar refractivity (Wildman–Crippen MR) is 71.1 cm³/mol. The van der Waals surface area contributed by atoms with E-state index in [1.165, 1.54) is 18.2 Å². The summed E-state index contributed by atoms with van der Waals surface area (Å²) in [7, 11) is -1.46. The number of piperazine rings is 1. The van der Waals surface area contributed by atoms with Gasteiger partial charge in [-0.15, -0.1) is 13.2 Å². The van der Waals surface area contributed by atoms with E-state index < -0.39 is 17.3 Å². The van der Waals surface area contributed by atoms with Gasteiger partial charge in [-0.3, -0.25) is 0 Å². The molecule has 0 spiro atoms. The molecule has 2 aliphatic rings. The summed E-state index contributed by atoms with van der Waals surface area (Å²) >= 11 is 0. The zero-order chi connectivity index (χ0) is 15.0. The van der Waals surface area contributed by atoms with Crippen molar-refractivity contribution in [3.63, 3.8) is 0 Å². The van der Waals surface area contributed by atoms with Crippen molar-refractivity contribution in [2.75, 3.05) is 13.1 Å². The molecule has 0 radical (unpaired) electrons. The van der Waals surface area contributed by atoms with E-state index >= 15 is 0 Å². The van der Waals surface area contributed by atoms with Crippen LogP contribution >= 0.6 is 0 Å². The first-order valence-electron chi connectivity index (χ1n) is 6.71. The van der Waals surface area contributed by atoms with Crippen LogP contribution in [0.3, 0.4) is 0 Å². The Morgan fingerprint density at radius 1 is 1.24 bits per heavy atom. The summed E-state index contributed by atoms with van der Waals surface area (Å²) in [4.78, 5) is 0.343. The lowest BCUT2D eigenvalue weighted by atomic mass is 10.2. The Kier molecular flexibility index (Phi) is 3.94. The number of rotatable bonds is 3. The number of nitrogens with one attached hydrogen (secondary N) is 1. The second-order valence-electron chi connectivity index (χ2n) is 5.17. The molecule has 3 atom stereocenters. The standard InChI is InChI=1S/C13H15F3N2O2S/c14-13(15,16)20-11-2-1-3-12(6-11)21(19)18-9-4-5-10(18)8-17-7-9/h1-3,6,9-10,17H,4-5,7-8H2. The Morgan fingerprint density at radius 2 is 1.90 bits per heavy atom. The van der Waals surface area contributed by atoms with Gasteiger partial charge in [0.25, 0.3) is 0 Å². The van der Waals surface area contributed by atoms with Gasteiger partial charge in [0.1, 0.15) is 16.7 Å². The maximum atomic E-state index is 12.7. The highest BCUT2D eigenvalue weighted by atomic mass is 32.2. The van der Waals surface area contributed by atoms with Crippen LogP contribution in [-0.2, 0) is 11.0 Å². The predicted octanol–water partition coefficient (Wildman–Crippen LogP) is 2.04. The molecule has 4 nitrogen and oxygen atoms in total. The Balaban J connectivity index is 1.80. The molecule has 3 rings (SSSR count). The highest BCUT2D eigenvalue weighted by Gasteiger charge is 2.40. The number of benzene rings is 1. The minimum atomic E-state index is -4.74. The van der Waals surface area contributed by atoms with Gasteiger partial charge in [0.05, 0.1) is 4.90 Å². The Morgan fingerprint density at radius 3 is 2.52 bits per heavy atom. The third-order valence-corrected chi connectivity index (χ3v) is 5.38. The van der Waals surface area contributed by atoms with Gasteiger partial charge in [-0.05, 0) is 31.0 Å². The smallest absolute Gasteiger partial charge is 0.406 e. The second-order valence-corrected chi connectivity index (χ2v) is 6.57. The fourth-order valence-corrected chi connectivity index (χ4v) is 4.47. The van der Waals surface area contributed by atoms with Crippen molar-refractivity contribution in [2.45, 2.75) is 36.2 Å². The molecule has 2 fully saturated rings. The summed E-state index contributed by atoms with van der Waals surface area (Å²) in [6.07, 6.45) is -2.82. The molecule has 21 heavy (non-hydrogen) atoms. The zero-order valence-electron chi connectivity index (χ0n) is 11.1. The van der Waals surface area contributed by atoms with Crippen LogP contribution < -0.4 is 10.1 Å². The summed E-state index contributed by atoms with van der Waals surface area (Å²) in [5.41, 5.74) is 0. The third-order valence-electron chi connectivity index (χ3n) is 3.75. The highest BCUT2D eigenvalue weighted by Crippen LogP contribution is 2.32. The summed E-state index contributed by atoms with van der Waals surface area (Å²) in [5.74, 6) is -0.337. The third kappa shape index (κ3) is 3.22. The molecule has 0 amide bonds. The van der Waals surface area contributed by atoms with E-state index in [-0.39, 0.29) is 17.8 Å². The van der Waals surface area contributed by atoms with Gasteiger partial charge in [-0.25, -0.2) is 8.51 Å². The van der Waals surface area contributed by atoms with Crippen molar-refractivity contribution in [3.8, 4) is 5.75 Å². The number of halogens is 3. The first kappa shape index (κ1) is 14.8. The first-order chi connectivity index (χ1) is 9.94. The van der Waals surface area contributed by atoms with Gasteiger partial charge in [0, 0.05) is 25.2 Å². The monoisotopic (exact) mass is 320 g/mol.